The Kier molecular flexibility index (Phi) is 5.58. The van der Waals surface area contributed by atoms with Gasteiger partial charge in [0.05, 0.1) is 18.4 Å². The summed E-state index contributed by atoms with van der Waals surface area (Å²) in [5.74, 6) is 0.777. The number of carbonyl (C=O) groups is 1. The Morgan fingerprint density at radius 3 is 2.32 bits per heavy atom. The molecular formula is C26H24N2O3. The highest BCUT2D eigenvalue weighted by Crippen LogP contribution is 2.22. The molecule has 0 saturated heterocycles. The number of nitrogens with one attached hydrogen (secondary N) is 1. The van der Waals surface area contributed by atoms with Crippen LogP contribution in [-0.2, 0) is 0 Å². The first kappa shape index (κ1) is 20.4. The van der Waals surface area contributed by atoms with E-state index in [1.54, 1.807) is 37.6 Å². The van der Waals surface area contributed by atoms with E-state index in [2.05, 4.69) is 19.2 Å². The molecule has 0 aliphatic rings. The smallest absolute Gasteiger partial charge is 0.262 e. The van der Waals surface area contributed by atoms with Gasteiger partial charge in [-0.25, -0.2) is 0 Å². The second-order valence-electron chi connectivity index (χ2n) is 7.70. The molecule has 4 aromatic rings. The molecule has 0 atom stereocenters. The Hall–Kier alpha value is -3.86. The summed E-state index contributed by atoms with van der Waals surface area (Å²) in [6, 6.07) is 22.2. The van der Waals surface area contributed by atoms with Gasteiger partial charge in [-0.2, -0.15) is 0 Å². The van der Waals surface area contributed by atoms with Gasteiger partial charge in [-0.3, -0.25) is 14.2 Å². The van der Waals surface area contributed by atoms with Crippen molar-refractivity contribution < 1.29 is 9.53 Å². The molecule has 1 N–H and O–H groups in total. The van der Waals surface area contributed by atoms with Crippen LogP contribution in [0.3, 0.4) is 0 Å². The summed E-state index contributed by atoms with van der Waals surface area (Å²) in [6.07, 6.45) is 1.59. The lowest BCUT2D eigenvalue weighted by molar-refractivity contribution is 0.102. The predicted octanol–water partition coefficient (Wildman–Crippen LogP) is 5.38. The van der Waals surface area contributed by atoms with Crippen molar-refractivity contribution in [2.45, 2.75) is 19.8 Å². The minimum absolute atomic E-state index is 0.193. The number of hydrogen-bond acceptors (Lipinski definition) is 3. The van der Waals surface area contributed by atoms with Gasteiger partial charge in [0, 0.05) is 28.7 Å². The Morgan fingerprint density at radius 1 is 0.935 bits per heavy atom. The van der Waals surface area contributed by atoms with Gasteiger partial charge in [-0.15, -0.1) is 0 Å². The van der Waals surface area contributed by atoms with Gasteiger partial charge in [-0.1, -0.05) is 50.2 Å². The quantitative estimate of drug-likeness (QED) is 0.479. The fourth-order valence-corrected chi connectivity index (χ4v) is 3.57. The third-order valence-electron chi connectivity index (χ3n) is 5.34. The summed E-state index contributed by atoms with van der Waals surface area (Å²) in [5.41, 5.74) is 2.77. The van der Waals surface area contributed by atoms with Crippen molar-refractivity contribution in [3.05, 3.63) is 100 Å². The largest absolute Gasteiger partial charge is 0.497 e. The van der Waals surface area contributed by atoms with Crippen molar-refractivity contribution in [1.29, 1.82) is 0 Å². The molecule has 3 aromatic carbocycles. The molecule has 0 unspecified atom stereocenters. The highest BCUT2D eigenvalue weighted by Gasteiger charge is 2.16. The number of hydrogen-bond donors (Lipinski definition) is 1. The number of ether oxygens (including phenoxy) is 1. The minimum Gasteiger partial charge on any atom is -0.497 e. The van der Waals surface area contributed by atoms with Gasteiger partial charge < -0.3 is 10.1 Å². The van der Waals surface area contributed by atoms with Crippen molar-refractivity contribution in [1.82, 2.24) is 4.57 Å². The molecule has 0 bridgehead atoms. The Balaban J connectivity index is 1.80. The summed E-state index contributed by atoms with van der Waals surface area (Å²) in [5, 5.41) is 4.05. The number of anilines is 1. The Labute approximate surface area is 180 Å². The van der Waals surface area contributed by atoms with Gasteiger partial charge in [0.1, 0.15) is 5.75 Å². The van der Waals surface area contributed by atoms with E-state index in [1.165, 1.54) is 10.1 Å². The average molecular weight is 412 g/mol. The van der Waals surface area contributed by atoms with Crippen LogP contribution in [0.5, 0.6) is 5.75 Å². The lowest BCUT2D eigenvalue weighted by Gasteiger charge is -2.14. The first-order valence-corrected chi connectivity index (χ1v) is 10.2. The average Bonchev–Trinajstić information content (AvgIpc) is 2.80. The minimum atomic E-state index is -0.273. The number of carbonyl (C=O) groups excluding carboxylic acids is 1. The summed E-state index contributed by atoms with van der Waals surface area (Å²) in [6.45, 7) is 4.25. The predicted molar refractivity (Wildman–Crippen MR) is 125 cm³/mol. The van der Waals surface area contributed by atoms with Crippen LogP contribution >= 0.6 is 0 Å². The summed E-state index contributed by atoms with van der Waals surface area (Å²) in [4.78, 5) is 26.4. The fraction of sp³-hybridized carbons (Fsp3) is 0.154. The first-order valence-electron chi connectivity index (χ1n) is 10.2. The van der Waals surface area contributed by atoms with Crippen LogP contribution in [0, 0.1) is 0 Å². The zero-order valence-corrected chi connectivity index (χ0v) is 17.8. The third kappa shape index (κ3) is 4.08. The molecule has 5 heteroatoms. The molecule has 1 aromatic heterocycles. The number of benzene rings is 3. The molecule has 0 radical (unpaired) electrons. The zero-order valence-electron chi connectivity index (χ0n) is 17.8. The lowest BCUT2D eigenvalue weighted by Crippen LogP contribution is -2.22. The topological polar surface area (TPSA) is 60.3 Å². The fourth-order valence-electron chi connectivity index (χ4n) is 3.57. The van der Waals surface area contributed by atoms with Crippen LogP contribution in [0.1, 0.15) is 35.7 Å². The first-order chi connectivity index (χ1) is 15.0. The summed E-state index contributed by atoms with van der Waals surface area (Å²) >= 11 is 0. The van der Waals surface area contributed by atoms with Crippen LogP contribution in [0.4, 0.5) is 5.69 Å². The Bertz CT molecular complexity index is 1300. The molecule has 1 heterocycles. The van der Waals surface area contributed by atoms with Gasteiger partial charge in [0.2, 0.25) is 0 Å². The highest BCUT2D eigenvalue weighted by molar-refractivity contribution is 6.12. The molecular weight excluding hydrogens is 388 g/mol. The standard InChI is InChI=1S/C26H24N2O3/c1-17(2)18-11-13-19(14-12-18)27-25(29)24-16-28(20-7-6-8-21(15-20)31-3)26(30)23-10-5-4-9-22(23)24/h4-17H,1-3H3,(H,27,29). The van der Waals surface area contributed by atoms with Crippen LogP contribution in [-0.4, -0.2) is 17.6 Å². The van der Waals surface area contributed by atoms with Crippen molar-refractivity contribution in [3.8, 4) is 11.4 Å². The van der Waals surface area contributed by atoms with E-state index in [4.69, 9.17) is 4.74 Å². The summed E-state index contributed by atoms with van der Waals surface area (Å²) in [7, 11) is 1.58. The maximum atomic E-state index is 13.2. The SMILES string of the molecule is COc1cccc(-n2cc(C(=O)Nc3ccc(C(C)C)cc3)c3ccccc3c2=O)c1. The molecule has 5 nitrogen and oxygen atoms in total. The number of fused-ring (bicyclic) bond motifs is 1. The zero-order chi connectivity index (χ0) is 22.0. The molecule has 0 fully saturated rings. The van der Waals surface area contributed by atoms with E-state index in [-0.39, 0.29) is 11.5 Å². The molecule has 31 heavy (non-hydrogen) atoms. The molecule has 1 amide bonds. The molecule has 0 aliphatic carbocycles. The van der Waals surface area contributed by atoms with Crippen molar-refractivity contribution in [2.75, 3.05) is 12.4 Å². The van der Waals surface area contributed by atoms with Crippen LogP contribution in [0.25, 0.3) is 16.5 Å². The number of methoxy groups -OCH3 is 1. The van der Waals surface area contributed by atoms with Crippen molar-refractivity contribution >= 4 is 22.4 Å². The Morgan fingerprint density at radius 2 is 1.65 bits per heavy atom. The van der Waals surface area contributed by atoms with Gasteiger partial charge in [0.25, 0.3) is 11.5 Å². The van der Waals surface area contributed by atoms with E-state index < -0.39 is 0 Å². The third-order valence-corrected chi connectivity index (χ3v) is 5.34. The molecule has 4 rings (SSSR count). The monoisotopic (exact) mass is 412 g/mol. The van der Waals surface area contributed by atoms with E-state index in [1.807, 2.05) is 48.5 Å². The maximum absolute atomic E-state index is 13.2. The summed E-state index contributed by atoms with van der Waals surface area (Å²) < 4.78 is 6.78. The highest BCUT2D eigenvalue weighted by atomic mass is 16.5. The van der Waals surface area contributed by atoms with E-state index in [0.29, 0.717) is 39.4 Å². The number of nitrogens with zero attached hydrogens (tertiary/aromatic N) is 1. The van der Waals surface area contributed by atoms with Crippen LogP contribution in [0.15, 0.2) is 83.8 Å². The van der Waals surface area contributed by atoms with Gasteiger partial charge in [0.15, 0.2) is 0 Å². The van der Waals surface area contributed by atoms with Gasteiger partial charge >= 0.3 is 0 Å². The van der Waals surface area contributed by atoms with E-state index in [0.717, 1.165) is 0 Å². The van der Waals surface area contributed by atoms with Gasteiger partial charge in [-0.05, 0) is 41.8 Å². The number of rotatable bonds is 5. The number of aromatic nitrogens is 1. The maximum Gasteiger partial charge on any atom is 0.262 e. The van der Waals surface area contributed by atoms with E-state index >= 15 is 0 Å². The second-order valence-corrected chi connectivity index (χ2v) is 7.70. The number of amides is 1. The molecule has 0 aliphatic heterocycles. The molecule has 0 saturated carbocycles. The lowest BCUT2D eigenvalue weighted by atomic mass is 10.0. The number of pyridine rings is 1. The van der Waals surface area contributed by atoms with Crippen molar-refractivity contribution in [2.24, 2.45) is 0 Å². The molecule has 0 spiro atoms. The van der Waals surface area contributed by atoms with Crippen LogP contribution < -0.4 is 15.6 Å². The van der Waals surface area contributed by atoms with Crippen LogP contribution in [0.2, 0.25) is 0 Å². The second kappa shape index (κ2) is 8.48. The van der Waals surface area contributed by atoms with Crippen molar-refractivity contribution in [3.63, 3.8) is 0 Å². The van der Waals surface area contributed by atoms with E-state index in [9.17, 15) is 9.59 Å². The normalized spacial score (nSPS) is 11.0. The molecule has 156 valence electrons.